The van der Waals surface area contributed by atoms with E-state index < -0.39 is 18.3 Å². The van der Waals surface area contributed by atoms with E-state index in [0.717, 1.165) is 6.20 Å². The number of anilines is 2. The van der Waals surface area contributed by atoms with E-state index in [4.69, 9.17) is 0 Å². The molecule has 1 aromatic rings. The van der Waals surface area contributed by atoms with Crippen LogP contribution in [0.15, 0.2) is 18.3 Å². The Morgan fingerprint density at radius 1 is 1.35 bits per heavy atom. The Kier molecular flexibility index (Phi) is 5.29. The van der Waals surface area contributed by atoms with Crippen molar-refractivity contribution in [2.24, 2.45) is 0 Å². The number of pyridine rings is 1. The Morgan fingerprint density at radius 3 is 2.35 bits per heavy atom. The predicted molar refractivity (Wildman–Crippen MR) is 67.4 cm³/mol. The number of rotatable bonds is 6. The average Bonchev–Trinajstić information content (AvgIpc) is 2.41. The summed E-state index contributed by atoms with van der Waals surface area (Å²) in [6, 6.07) is 2.85. The van der Waals surface area contributed by atoms with E-state index in [9.17, 15) is 22.4 Å². The zero-order chi connectivity index (χ0) is 15.3. The molecule has 1 aromatic heterocycles. The molecular weight excluding hydrogens is 278 g/mol. The SMILES string of the molecule is CCN(CC)c1ccc(NC(=O)C(F)(F)C(F)F)cn1. The van der Waals surface area contributed by atoms with Crippen molar-refractivity contribution < 1.29 is 22.4 Å². The fourth-order valence-electron chi connectivity index (χ4n) is 1.51. The van der Waals surface area contributed by atoms with Gasteiger partial charge in [-0.1, -0.05) is 0 Å². The highest BCUT2D eigenvalue weighted by Crippen LogP contribution is 2.25. The summed E-state index contributed by atoms with van der Waals surface area (Å²) in [5.41, 5.74) is -0.0637. The van der Waals surface area contributed by atoms with Crippen LogP contribution < -0.4 is 10.2 Å². The second kappa shape index (κ2) is 6.53. The molecule has 1 rings (SSSR count). The van der Waals surface area contributed by atoms with Crippen LogP contribution in [-0.2, 0) is 4.79 Å². The quantitative estimate of drug-likeness (QED) is 0.820. The van der Waals surface area contributed by atoms with Gasteiger partial charge in [0.2, 0.25) is 0 Å². The van der Waals surface area contributed by atoms with Crippen molar-refractivity contribution in [1.29, 1.82) is 0 Å². The van der Waals surface area contributed by atoms with Gasteiger partial charge < -0.3 is 10.2 Å². The van der Waals surface area contributed by atoms with Gasteiger partial charge in [-0.25, -0.2) is 13.8 Å². The lowest BCUT2D eigenvalue weighted by molar-refractivity contribution is -0.163. The van der Waals surface area contributed by atoms with E-state index in [0.29, 0.717) is 18.9 Å². The minimum atomic E-state index is -4.72. The Hall–Kier alpha value is -1.86. The molecule has 112 valence electrons. The van der Waals surface area contributed by atoms with Crippen LogP contribution >= 0.6 is 0 Å². The molecule has 20 heavy (non-hydrogen) atoms. The fraction of sp³-hybridized carbons (Fsp3) is 0.500. The van der Waals surface area contributed by atoms with Crippen molar-refractivity contribution in [2.45, 2.75) is 26.2 Å². The maximum atomic E-state index is 12.8. The summed E-state index contributed by atoms with van der Waals surface area (Å²) in [5, 5.41) is 1.72. The number of hydrogen-bond acceptors (Lipinski definition) is 3. The molecule has 0 radical (unpaired) electrons. The maximum absolute atomic E-state index is 12.8. The van der Waals surface area contributed by atoms with Gasteiger partial charge >= 0.3 is 18.3 Å². The van der Waals surface area contributed by atoms with Crippen LogP contribution in [0, 0.1) is 0 Å². The lowest BCUT2D eigenvalue weighted by atomic mass is 10.3. The fourth-order valence-corrected chi connectivity index (χ4v) is 1.51. The first kappa shape index (κ1) is 16.2. The molecule has 0 fully saturated rings. The van der Waals surface area contributed by atoms with Crippen molar-refractivity contribution in [1.82, 2.24) is 4.98 Å². The second-order valence-corrected chi connectivity index (χ2v) is 3.96. The van der Waals surface area contributed by atoms with Crippen LogP contribution in [0.5, 0.6) is 0 Å². The molecule has 0 aliphatic carbocycles. The predicted octanol–water partition coefficient (Wildman–Crippen LogP) is 2.77. The molecule has 0 saturated carbocycles. The van der Waals surface area contributed by atoms with Crippen molar-refractivity contribution in [3.8, 4) is 0 Å². The van der Waals surface area contributed by atoms with E-state index in [1.807, 2.05) is 18.7 Å². The molecule has 1 N–H and O–H groups in total. The van der Waals surface area contributed by atoms with Crippen LogP contribution in [0.2, 0.25) is 0 Å². The molecule has 0 spiro atoms. The van der Waals surface area contributed by atoms with Gasteiger partial charge in [-0.3, -0.25) is 4.79 Å². The van der Waals surface area contributed by atoms with Gasteiger partial charge in [0.15, 0.2) is 0 Å². The molecule has 0 bridgehead atoms. The van der Waals surface area contributed by atoms with E-state index in [-0.39, 0.29) is 5.69 Å². The third-order valence-electron chi connectivity index (χ3n) is 2.67. The third kappa shape index (κ3) is 3.58. The molecule has 0 atom stereocenters. The highest BCUT2D eigenvalue weighted by molar-refractivity contribution is 5.96. The third-order valence-corrected chi connectivity index (χ3v) is 2.67. The Morgan fingerprint density at radius 2 is 1.95 bits per heavy atom. The summed E-state index contributed by atoms with van der Waals surface area (Å²) in [4.78, 5) is 16.9. The first-order valence-electron chi connectivity index (χ1n) is 6.01. The van der Waals surface area contributed by atoms with Crippen molar-refractivity contribution in [3.63, 3.8) is 0 Å². The normalized spacial score (nSPS) is 11.6. The lowest BCUT2D eigenvalue weighted by Gasteiger charge is -2.20. The zero-order valence-electron chi connectivity index (χ0n) is 11.0. The topological polar surface area (TPSA) is 45.2 Å². The first-order valence-corrected chi connectivity index (χ1v) is 6.01. The highest BCUT2D eigenvalue weighted by atomic mass is 19.3. The average molecular weight is 293 g/mol. The number of amides is 1. The number of nitrogens with one attached hydrogen (secondary N) is 1. The summed E-state index contributed by atoms with van der Waals surface area (Å²) in [6.45, 7) is 5.26. The number of carbonyl (C=O) groups excluding carboxylic acids is 1. The number of carbonyl (C=O) groups is 1. The molecular formula is C12H15F4N3O. The highest BCUT2D eigenvalue weighted by Gasteiger charge is 2.48. The summed E-state index contributed by atoms with van der Waals surface area (Å²) >= 11 is 0. The summed E-state index contributed by atoms with van der Waals surface area (Å²) in [7, 11) is 0. The molecule has 0 saturated heterocycles. The van der Waals surface area contributed by atoms with Gasteiger partial charge in [0, 0.05) is 13.1 Å². The number of hydrogen-bond donors (Lipinski definition) is 1. The number of halogens is 4. The Bertz CT molecular complexity index is 447. The van der Waals surface area contributed by atoms with E-state index >= 15 is 0 Å². The first-order chi connectivity index (χ1) is 9.32. The van der Waals surface area contributed by atoms with Gasteiger partial charge in [-0.2, -0.15) is 8.78 Å². The standard InChI is InChI=1S/C12H15F4N3O/c1-3-19(4-2)9-6-5-8(7-17-9)18-11(20)12(15,16)10(13)14/h5-7,10H,3-4H2,1-2H3,(H,18,20). The monoisotopic (exact) mass is 293 g/mol. The second-order valence-electron chi connectivity index (χ2n) is 3.96. The summed E-state index contributed by atoms with van der Waals surface area (Å²) in [5.74, 6) is -6.17. The minimum Gasteiger partial charge on any atom is -0.357 e. The minimum absolute atomic E-state index is 0.0637. The lowest BCUT2D eigenvalue weighted by Crippen LogP contribution is -2.41. The van der Waals surface area contributed by atoms with Crippen molar-refractivity contribution >= 4 is 17.4 Å². The van der Waals surface area contributed by atoms with Gasteiger partial charge in [0.1, 0.15) is 5.82 Å². The molecule has 1 amide bonds. The van der Waals surface area contributed by atoms with Crippen LogP contribution in [0.3, 0.4) is 0 Å². The molecule has 1 heterocycles. The van der Waals surface area contributed by atoms with Gasteiger partial charge in [-0.15, -0.1) is 0 Å². The van der Waals surface area contributed by atoms with Crippen molar-refractivity contribution in [3.05, 3.63) is 18.3 Å². The van der Waals surface area contributed by atoms with Crippen LogP contribution in [0.25, 0.3) is 0 Å². The van der Waals surface area contributed by atoms with Gasteiger partial charge in [-0.05, 0) is 26.0 Å². The molecule has 0 aliphatic rings. The van der Waals surface area contributed by atoms with E-state index in [2.05, 4.69) is 4.98 Å². The number of nitrogens with zero attached hydrogens (tertiary/aromatic N) is 2. The number of aromatic nitrogens is 1. The van der Waals surface area contributed by atoms with Crippen molar-refractivity contribution in [2.75, 3.05) is 23.3 Å². The Balaban J connectivity index is 2.78. The maximum Gasteiger partial charge on any atom is 0.383 e. The van der Waals surface area contributed by atoms with E-state index in [1.54, 1.807) is 5.32 Å². The van der Waals surface area contributed by atoms with Crippen LogP contribution in [-0.4, -0.2) is 36.3 Å². The molecule has 0 aromatic carbocycles. The smallest absolute Gasteiger partial charge is 0.357 e. The molecule has 0 aliphatic heterocycles. The molecule has 4 nitrogen and oxygen atoms in total. The summed E-state index contributed by atoms with van der Waals surface area (Å²) in [6.07, 6.45) is -2.90. The van der Waals surface area contributed by atoms with Crippen LogP contribution in [0.1, 0.15) is 13.8 Å². The van der Waals surface area contributed by atoms with Crippen LogP contribution in [0.4, 0.5) is 29.1 Å². The molecule has 8 heteroatoms. The zero-order valence-corrected chi connectivity index (χ0v) is 11.0. The Labute approximate surface area is 113 Å². The van der Waals surface area contributed by atoms with E-state index in [1.165, 1.54) is 12.1 Å². The van der Waals surface area contributed by atoms with Gasteiger partial charge in [0.05, 0.1) is 11.9 Å². The van der Waals surface area contributed by atoms with Gasteiger partial charge in [0.25, 0.3) is 0 Å². The largest absolute Gasteiger partial charge is 0.383 e. The summed E-state index contributed by atoms with van der Waals surface area (Å²) < 4.78 is 49.5. The number of alkyl halides is 4. The molecule has 0 unspecified atom stereocenters.